The van der Waals surface area contributed by atoms with Crippen LogP contribution in [0.1, 0.15) is 49.7 Å². The fourth-order valence-corrected chi connectivity index (χ4v) is 4.81. The Kier molecular flexibility index (Phi) is 6.47. The second kappa shape index (κ2) is 9.14. The van der Waals surface area contributed by atoms with Gasteiger partial charge in [0.15, 0.2) is 0 Å². The van der Waals surface area contributed by atoms with Gasteiger partial charge in [-0.25, -0.2) is 9.78 Å². The van der Waals surface area contributed by atoms with Gasteiger partial charge in [0, 0.05) is 50.0 Å². The van der Waals surface area contributed by atoms with E-state index in [1.54, 1.807) is 0 Å². The Morgan fingerprint density at radius 3 is 2.28 bits per heavy atom. The fourth-order valence-electron chi connectivity index (χ4n) is 4.68. The molecule has 0 bridgehead atoms. The molecular formula is C24H33ClN6O. The maximum Gasteiger partial charge on any atom is 0.318 e. The summed E-state index contributed by atoms with van der Waals surface area (Å²) in [6.45, 7) is 2.02. The number of aromatic nitrogens is 2. The molecule has 0 saturated heterocycles. The molecular weight excluding hydrogens is 424 g/mol. The summed E-state index contributed by atoms with van der Waals surface area (Å²) < 4.78 is 0. The van der Waals surface area contributed by atoms with Gasteiger partial charge in [0.05, 0.1) is 5.54 Å². The van der Waals surface area contributed by atoms with E-state index in [1.807, 2.05) is 68.3 Å². The quantitative estimate of drug-likeness (QED) is 0.666. The Hall–Kier alpha value is -2.54. The van der Waals surface area contributed by atoms with E-state index in [0.717, 1.165) is 60.5 Å². The van der Waals surface area contributed by atoms with Gasteiger partial charge in [0.2, 0.25) is 5.95 Å². The Balaban J connectivity index is 1.29. The van der Waals surface area contributed by atoms with Crippen molar-refractivity contribution in [2.45, 2.75) is 63.1 Å². The first-order valence-electron chi connectivity index (χ1n) is 11.4. The van der Waals surface area contributed by atoms with Gasteiger partial charge in [0.25, 0.3) is 0 Å². The maximum atomic E-state index is 13.0. The van der Waals surface area contributed by atoms with E-state index < -0.39 is 0 Å². The summed E-state index contributed by atoms with van der Waals surface area (Å²) in [5.41, 5.74) is 2.02. The van der Waals surface area contributed by atoms with Crippen molar-refractivity contribution in [1.82, 2.24) is 20.2 Å². The standard InChI is InChI=1S/C24H33ClN6O/c1-16-15-26-22(29-21(16)30(2)3)27-19-9-11-20(12-10-19)28-23(32)31(4)24(13-14-24)17-5-7-18(25)8-6-17/h5-8,15,19-20H,9-14H2,1-4H3,(H,28,32)(H,26,27,29)/t19-,20+. The lowest BCUT2D eigenvalue weighted by Crippen LogP contribution is -2.49. The van der Waals surface area contributed by atoms with Crippen LogP contribution in [0.5, 0.6) is 0 Å². The molecule has 2 saturated carbocycles. The molecule has 0 spiro atoms. The van der Waals surface area contributed by atoms with Crippen LogP contribution >= 0.6 is 11.6 Å². The van der Waals surface area contributed by atoms with Gasteiger partial charge in [-0.2, -0.15) is 4.98 Å². The summed E-state index contributed by atoms with van der Waals surface area (Å²) >= 11 is 6.04. The molecule has 1 heterocycles. The van der Waals surface area contributed by atoms with Crippen LogP contribution in [0.3, 0.4) is 0 Å². The number of hydrogen-bond donors (Lipinski definition) is 2. The zero-order valence-electron chi connectivity index (χ0n) is 19.4. The number of amides is 2. The van der Waals surface area contributed by atoms with Crippen LogP contribution in [0, 0.1) is 6.92 Å². The lowest BCUT2D eigenvalue weighted by Gasteiger charge is -2.34. The number of hydrogen-bond acceptors (Lipinski definition) is 5. The van der Waals surface area contributed by atoms with E-state index in [1.165, 1.54) is 0 Å². The van der Waals surface area contributed by atoms with Crippen LogP contribution in [0.2, 0.25) is 5.02 Å². The molecule has 172 valence electrons. The number of nitrogens with zero attached hydrogens (tertiary/aromatic N) is 4. The molecule has 32 heavy (non-hydrogen) atoms. The summed E-state index contributed by atoms with van der Waals surface area (Å²) in [6.07, 6.45) is 7.67. The SMILES string of the molecule is Cc1cnc(N[C@H]2CC[C@@H](NC(=O)N(C)C3(c4ccc(Cl)cc4)CC3)CC2)nc1N(C)C. The first-order valence-corrected chi connectivity index (χ1v) is 11.7. The van der Waals surface area contributed by atoms with Crippen LogP contribution < -0.4 is 15.5 Å². The van der Waals surface area contributed by atoms with E-state index in [2.05, 4.69) is 20.6 Å². The maximum absolute atomic E-state index is 13.0. The highest BCUT2D eigenvalue weighted by Crippen LogP contribution is 2.50. The Labute approximate surface area is 195 Å². The largest absolute Gasteiger partial charge is 0.362 e. The molecule has 2 amide bonds. The average molecular weight is 457 g/mol. The highest BCUT2D eigenvalue weighted by molar-refractivity contribution is 6.30. The Bertz CT molecular complexity index is 951. The predicted octanol–water partition coefficient (Wildman–Crippen LogP) is 4.56. The van der Waals surface area contributed by atoms with Crippen molar-refractivity contribution in [2.24, 2.45) is 0 Å². The number of carbonyl (C=O) groups excluding carboxylic acids is 1. The highest BCUT2D eigenvalue weighted by atomic mass is 35.5. The third-order valence-electron chi connectivity index (χ3n) is 6.81. The number of aryl methyl sites for hydroxylation is 1. The lowest BCUT2D eigenvalue weighted by atomic mass is 9.91. The number of carbonyl (C=O) groups is 1. The van der Waals surface area contributed by atoms with E-state index in [0.29, 0.717) is 12.0 Å². The van der Waals surface area contributed by atoms with Gasteiger partial charge in [-0.3, -0.25) is 0 Å². The summed E-state index contributed by atoms with van der Waals surface area (Å²) in [6, 6.07) is 8.39. The number of nitrogens with one attached hydrogen (secondary N) is 2. The monoisotopic (exact) mass is 456 g/mol. The second-order valence-electron chi connectivity index (χ2n) is 9.33. The van der Waals surface area contributed by atoms with E-state index in [9.17, 15) is 4.79 Å². The highest BCUT2D eigenvalue weighted by Gasteiger charge is 2.50. The van der Waals surface area contributed by atoms with Crippen LogP contribution in [-0.2, 0) is 5.54 Å². The van der Waals surface area contributed by atoms with Gasteiger partial charge in [0.1, 0.15) is 5.82 Å². The minimum absolute atomic E-state index is 0.00588. The number of benzene rings is 1. The summed E-state index contributed by atoms with van der Waals surface area (Å²) in [5, 5.41) is 7.45. The number of anilines is 2. The second-order valence-corrected chi connectivity index (χ2v) is 9.77. The smallest absolute Gasteiger partial charge is 0.318 e. The Morgan fingerprint density at radius 2 is 1.69 bits per heavy atom. The number of rotatable bonds is 6. The Morgan fingerprint density at radius 1 is 1.06 bits per heavy atom. The lowest BCUT2D eigenvalue weighted by molar-refractivity contribution is 0.175. The molecule has 1 aromatic carbocycles. The van der Waals surface area contributed by atoms with Crippen LogP contribution in [-0.4, -0.2) is 54.1 Å². The molecule has 4 rings (SSSR count). The fraction of sp³-hybridized carbons (Fsp3) is 0.542. The third-order valence-corrected chi connectivity index (χ3v) is 7.06. The molecule has 2 N–H and O–H groups in total. The van der Waals surface area contributed by atoms with Crippen LogP contribution in [0.25, 0.3) is 0 Å². The number of urea groups is 1. The van der Waals surface area contributed by atoms with Crippen LogP contribution in [0.4, 0.5) is 16.6 Å². The molecule has 2 fully saturated rings. The minimum Gasteiger partial charge on any atom is -0.362 e. The summed E-state index contributed by atoms with van der Waals surface area (Å²) in [4.78, 5) is 26.0. The van der Waals surface area contributed by atoms with Gasteiger partial charge < -0.3 is 20.4 Å². The molecule has 0 atom stereocenters. The van der Waals surface area contributed by atoms with Crippen molar-refractivity contribution in [2.75, 3.05) is 31.4 Å². The molecule has 7 nitrogen and oxygen atoms in total. The first-order chi connectivity index (χ1) is 15.3. The van der Waals surface area contributed by atoms with Crippen molar-refractivity contribution < 1.29 is 4.79 Å². The average Bonchev–Trinajstić information content (AvgIpc) is 3.58. The molecule has 8 heteroatoms. The van der Waals surface area contributed by atoms with E-state index in [-0.39, 0.29) is 17.6 Å². The van der Waals surface area contributed by atoms with Crippen molar-refractivity contribution in [3.63, 3.8) is 0 Å². The van der Waals surface area contributed by atoms with Gasteiger partial charge in [-0.05, 0) is 63.1 Å². The number of halogens is 1. The van der Waals surface area contributed by atoms with Crippen LogP contribution in [0.15, 0.2) is 30.5 Å². The molecule has 0 aliphatic heterocycles. The summed E-state index contributed by atoms with van der Waals surface area (Å²) in [5.74, 6) is 1.60. The zero-order chi connectivity index (χ0) is 22.9. The summed E-state index contributed by atoms with van der Waals surface area (Å²) in [7, 11) is 5.88. The van der Waals surface area contributed by atoms with E-state index >= 15 is 0 Å². The molecule has 0 radical (unpaired) electrons. The first kappa shape index (κ1) is 22.6. The molecule has 2 aromatic rings. The zero-order valence-corrected chi connectivity index (χ0v) is 20.1. The minimum atomic E-state index is -0.194. The molecule has 2 aliphatic carbocycles. The topological polar surface area (TPSA) is 73.4 Å². The van der Waals surface area contributed by atoms with Gasteiger partial charge >= 0.3 is 6.03 Å². The normalized spacial score (nSPS) is 21.5. The third kappa shape index (κ3) is 4.77. The molecule has 1 aromatic heterocycles. The van der Waals surface area contributed by atoms with Crippen molar-refractivity contribution in [3.05, 3.63) is 46.6 Å². The van der Waals surface area contributed by atoms with E-state index in [4.69, 9.17) is 11.6 Å². The van der Waals surface area contributed by atoms with Crippen molar-refractivity contribution >= 4 is 29.4 Å². The molecule has 2 aliphatic rings. The predicted molar refractivity (Wildman–Crippen MR) is 129 cm³/mol. The van der Waals surface area contributed by atoms with Gasteiger partial charge in [-0.15, -0.1) is 0 Å². The van der Waals surface area contributed by atoms with Crippen molar-refractivity contribution in [3.8, 4) is 0 Å². The van der Waals surface area contributed by atoms with Crippen molar-refractivity contribution in [1.29, 1.82) is 0 Å². The molecule has 0 unspecified atom stereocenters. The van der Waals surface area contributed by atoms with Gasteiger partial charge in [-0.1, -0.05) is 23.7 Å².